The first kappa shape index (κ1) is 10.7. The van der Waals surface area contributed by atoms with Gasteiger partial charge in [0.2, 0.25) is 0 Å². The van der Waals surface area contributed by atoms with Crippen LogP contribution in [0.3, 0.4) is 0 Å². The van der Waals surface area contributed by atoms with Gasteiger partial charge in [-0.1, -0.05) is 13.3 Å². The van der Waals surface area contributed by atoms with Gasteiger partial charge in [0.05, 0.1) is 11.2 Å². The first-order valence-corrected chi connectivity index (χ1v) is 5.65. The quantitative estimate of drug-likeness (QED) is 0.790. The van der Waals surface area contributed by atoms with Gasteiger partial charge in [-0.3, -0.25) is 0 Å². The van der Waals surface area contributed by atoms with Crippen LogP contribution >= 0.6 is 11.3 Å². The SMILES string of the molecule is CCC(CO)CCc1scnc1C. The summed E-state index contributed by atoms with van der Waals surface area (Å²) in [7, 11) is 0. The number of nitrogens with zero attached hydrogens (tertiary/aromatic N) is 1. The van der Waals surface area contributed by atoms with Crippen molar-refractivity contribution in [1.82, 2.24) is 4.98 Å². The first-order valence-electron chi connectivity index (χ1n) is 4.77. The summed E-state index contributed by atoms with van der Waals surface area (Å²) < 4.78 is 0. The Hall–Kier alpha value is -0.410. The molecule has 0 radical (unpaired) electrons. The number of aromatic nitrogens is 1. The maximum absolute atomic E-state index is 9.01. The van der Waals surface area contributed by atoms with Crippen molar-refractivity contribution < 1.29 is 5.11 Å². The van der Waals surface area contributed by atoms with Crippen LogP contribution in [0.4, 0.5) is 0 Å². The first-order chi connectivity index (χ1) is 6.27. The van der Waals surface area contributed by atoms with Crippen molar-refractivity contribution >= 4 is 11.3 Å². The third-order valence-corrected chi connectivity index (χ3v) is 3.45. The Balaban J connectivity index is 2.38. The summed E-state index contributed by atoms with van der Waals surface area (Å²) in [4.78, 5) is 5.57. The lowest BCUT2D eigenvalue weighted by atomic mass is 10.0. The van der Waals surface area contributed by atoms with Crippen LogP contribution in [0.1, 0.15) is 30.3 Å². The second-order valence-electron chi connectivity index (χ2n) is 3.36. The van der Waals surface area contributed by atoms with Crippen LogP contribution < -0.4 is 0 Å². The summed E-state index contributed by atoms with van der Waals surface area (Å²) in [5, 5.41) is 9.01. The van der Waals surface area contributed by atoms with Gasteiger partial charge >= 0.3 is 0 Å². The van der Waals surface area contributed by atoms with Gasteiger partial charge in [-0.15, -0.1) is 11.3 Å². The molecule has 1 rings (SSSR count). The van der Waals surface area contributed by atoms with Gasteiger partial charge in [0.1, 0.15) is 0 Å². The minimum atomic E-state index is 0.314. The summed E-state index contributed by atoms with van der Waals surface area (Å²) in [5.41, 5.74) is 3.04. The zero-order chi connectivity index (χ0) is 9.68. The molecule has 1 heterocycles. The van der Waals surface area contributed by atoms with E-state index in [1.807, 2.05) is 12.4 Å². The predicted octanol–water partition coefficient (Wildman–Crippen LogP) is 2.40. The fourth-order valence-corrected chi connectivity index (χ4v) is 2.12. The van der Waals surface area contributed by atoms with E-state index < -0.39 is 0 Å². The molecule has 1 aromatic heterocycles. The van der Waals surface area contributed by atoms with Gasteiger partial charge in [0.25, 0.3) is 0 Å². The Bertz CT molecular complexity index is 243. The maximum Gasteiger partial charge on any atom is 0.0797 e. The smallest absolute Gasteiger partial charge is 0.0797 e. The maximum atomic E-state index is 9.01. The normalized spacial score (nSPS) is 13.2. The molecule has 1 aromatic rings. The predicted molar refractivity (Wildman–Crippen MR) is 56.0 cm³/mol. The van der Waals surface area contributed by atoms with Crippen LogP contribution in [0.2, 0.25) is 0 Å². The molecule has 1 N–H and O–H groups in total. The molecule has 0 spiro atoms. The molecule has 0 saturated carbocycles. The second kappa shape index (κ2) is 5.35. The highest BCUT2D eigenvalue weighted by Gasteiger charge is 2.07. The highest BCUT2D eigenvalue weighted by Crippen LogP contribution is 2.18. The summed E-state index contributed by atoms with van der Waals surface area (Å²) >= 11 is 1.72. The van der Waals surface area contributed by atoms with Crippen LogP contribution in [-0.2, 0) is 6.42 Å². The van der Waals surface area contributed by atoms with E-state index in [4.69, 9.17) is 5.11 Å². The summed E-state index contributed by atoms with van der Waals surface area (Å²) in [5.74, 6) is 0.460. The second-order valence-corrected chi connectivity index (χ2v) is 4.30. The molecule has 0 amide bonds. The van der Waals surface area contributed by atoms with E-state index in [1.54, 1.807) is 11.3 Å². The largest absolute Gasteiger partial charge is 0.396 e. The summed E-state index contributed by atoms with van der Waals surface area (Å²) in [6.07, 6.45) is 3.21. The highest BCUT2D eigenvalue weighted by molar-refractivity contribution is 7.09. The van der Waals surface area contributed by atoms with Crippen molar-refractivity contribution in [3.63, 3.8) is 0 Å². The zero-order valence-corrected chi connectivity index (χ0v) is 9.10. The van der Waals surface area contributed by atoms with Gasteiger partial charge in [0.15, 0.2) is 0 Å². The molecule has 1 unspecified atom stereocenters. The highest BCUT2D eigenvalue weighted by atomic mass is 32.1. The molecule has 0 aliphatic carbocycles. The van der Waals surface area contributed by atoms with Gasteiger partial charge in [-0.2, -0.15) is 0 Å². The average Bonchev–Trinajstić information content (AvgIpc) is 2.54. The van der Waals surface area contributed by atoms with E-state index in [-0.39, 0.29) is 0 Å². The van der Waals surface area contributed by atoms with Crippen LogP contribution in [-0.4, -0.2) is 16.7 Å². The summed E-state index contributed by atoms with van der Waals surface area (Å²) in [6.45, 7) is 4.49. The van der Waals surface area contributed by atoms with E-state index >= 15 is 0 Å². The van der Waals surface area contributed by atoms with Crippen molar-refractivity contribution in [2.24, 2.45) is 5.92 Å². The van der Waals surface area contributed by atoms with E-state index in [2.05, 4.69) is 11.9 Å². The number of rotatable bonds is 5. The van der Waals surface area contributed by atoms with Gasteiger partial charge < -0.3 is 5.11 Å². The van der Waals surface area contributed by atoms with Crippen molar-refractivity contribution in [1.29, 1.82) is 0 Å². The van der Waals surface area contributed by atoms with E-state index in [0.29, 0.717) is 12.5 Å². The van der Waals surface area contributed by atoms with Crippen molar-refractivity contribution in [3.05, 3.63) is 16.1 Å². The van der Waals surface area contributed by atoms with Crippen molar-refractivity contribution in [2.45, 2.75) is 33.1 Å². The zero-order valence-electron chi connectivity index (χ0n) is 8.29. The molecule has 13 heavy (non-hydrogen) atoms. The molecule has 2 nitrogen and oxygen atoms in total. The van der Waals surface area contributed by atoms with Gasteiger partial charge in [-0.25, -0.2) is 4.98 Å². The molecule has 0 fully saturated rings. The molecule has 0 aliphatic heterocycles. The van der Waals surface area contributed by atoms with Crippen LogP contribution in [0, 0.1) is 12.8 Å². The lowest BCUT2D eigenvalue weighted by Gasteiger charge is -2.09. The Labute approximate surface area is 83.6 Å². The van der Waals surface area contributed by atoms with Crippen molar-refractivity contribution in [2.75, 3.05) is 6.61 Å². The Kier molecular flexibility index (Phi) is 4.39. The van der Waals surface area contributed by atoms with Gasteiger partial charge in [0, 0.05) is 11.5 Å². The number of aliphatic hydroxyl groups is 1. The van der Waals surface area contributed by atoms with Gasteiger partial charge in [-0.05, 0) is 25.7 Å². The molecule has 0 aliphatic rings. The Morgan fingerprint density at radius 1 is 1.62 bits per heavy atom. The molecule has 0 saturated heterocycles. The molecule has 0 aromatic carbocycles. The molecular formula is C10H17NOS. The van der Waals surface area contributed by atoms with Crippen LogP contribution in [0.25, 0.3) is 0 Å². The van der Waals surface area contributed by atoms with E-state index in [0.717, 1.165) is 25.0 Å². The Morgan fingerprint density at radius 2 is 2.38 bits per heavy atom. The van der Waals surface area contributed by atoms with E-state index in [9.17, 15) is 0 Å². The minimum Gasteiger partial charge on any atom is -0.396 e. The third kappa shape index (κ3) is 3.08. The molecule has 74 valence electrons. The monoisotopic (exact) mass is 199 g/mol. The van der Waals surface area contributed by atoms with Crippen molar-refractivity contribution in [3.8, 4) is 0 Å². The summed E-state index contributed by atoms with van der Waals surface area (Å²) in [6, 6.07) is 0. The topological polar surface area (TPSA) is 33.1 Å². The molecular weight excluding hydrogens is 182 g/mol. The Morgan fingerprint density at radius 3 is 2.85 bits per heavy atom. The number of hydrogen-bond donors (Lipinski definition) is 1. The molecule has 3 heteroatoms. The number of hydrogen-bond acceptors (Lipinski definition) is 3. The number of aliphatic hydroxyl groups excluding tert-OH is 1. The third-order valence-electron chi connectivity index (χ3n) is 2.46. The lowest BCUT2D eigenvalue weighted by molar-refractivity contribution is 0.215. The fraction of sp³-hybridized carbons (Fsp3) is 0.700. The van der Waals surface area contributed by atoms with Crippen LogP contribution in [0.5, 0.6) is 0 Å². The molecule has 0 bridgehead atoms. The van der Waals surface area contributed by atoms with Crippen LogP contribution in [0.15, 0.2) is 5.51 Å². The average molecular weight is 199 g/mol. The molecule has 1 atom stereocenters. The fourth-order valence-electron chi connectivity index (χ4n) is 1.33. The van der Waals surface area contributed by atoms with E-state index in [1.165, 1.54) is 4.88 Å². The minimum absolute atomic E-state index is 0.314. The number of aryl methyl sites for hydroxylation is 2. The number of thiazole rings is 1. The standard InChI is InChI=1S/C10H17NOS/c1-3-9(6-12)4-5-10-8(2)11-7-13-10/h7,9,12H,3-6H2,1-2H3. The lowest BCUT2D eigenvalue weighted by Crippen LogP contribution is -2.05.